The van der Waals surface area contributed by atoms with Crippen molar-refractivity contribution >= 4 is 17.6 Å². The molecule has 8 heteroatoms. The fraction of sp³-hybridized carbons (Fsp3) is 0.345. The Bertz CT molecular complexity index is 1170. The van der Waals surface area contributed by atoms with E-state index in [1.807, 2.05) is 37.3 Å². The summed E-state index contributed by atoms with van der Waals surface area (Å²) in [5.74, 6) is -0.153. The van der Waals surface area contributed by atoms with Gasteiger partial charge in [-0.1, -0.05) is 80.0 Å². The van der Waals surface area contributed by atoms with Crippen molar-refractivity contribution in [1.82, 2.24) is 4.90 Å². The van der Waals surface area contributed by atoms with Crippen molar-refractivity contribution < 1.29 is 27.8 Å². The molecule has 0 aliphatic heterocycles. The Hall–Kier alpha value is -3.03. The second-order valence-corrected chi connectivity index (χ2v) is 9.79. The zero-order valence-electron chi connectivity index (χ0n) is 20.8. The summed E-state index contributed by atoms with van der Waals surface area (Å²) in [6.45, 7) is 5.91. The van der Waals surface area contributed by atoms with Crippen LogP contribution in [0.25, 0.3) is 0 Å². The predicted molar refractivity (Wildman–Crippen MR) is 139 cm³/mol. The van der Waals surface area contributed by atoms with Gasteiger partial charge in [-0.05, 0) is 40.8 Å². The number of nitrogens with zero attached hydrogens (tertiary/aromatic N) is 1. The fourth-order valence-electron chi connectivity index (χ4n) is 4.29. The molecule has 0 aromatic heterocycles. The van der Waals surface area contributed by atoms with Crippen molar-refractivity contribution in [3.05, 3.63) is 100 Å². The smallest absolute Gasteiger partial charge is 0.417 e. The lowest BCUT2D eigenvalue weighted by Gasteiger charge is -2.29. The van der Waals surface area contributed by atoms with E-state index >= 15 is 0 Å². The molecular weight excluding hydrogens is 503 g/mol. The highest BCUT2D eigenvalue weighted by molar-refractivity contribution is 6.32. The summed E-state index contributed by atoms with van der Waals surface area (Å²) in [6, 6.07) is 20.9. The highest BCUT2D eigenvalue weighted by Crippen LogP contribution is 2.36. The summed E-state index contributed by atoms with van der Waals surface area (Å²) in [5, 5.41) is 8.74. The van der Waals surface area contributed by atoms with Crippen molar-refractivity contribution in [1.29, 1.82) is 0 Å². The van der Waals surface area contributed by atoms with E-state index < -0.39 is 17.7 Å². The molecule has 3 aromatic carbocycles. The summed E-state index contributed by atoms with van der Waals surface area (Å²) in [5.41, 5.74) is 1.38. The topological polar surface area (TPSA) is 49.8 Å². The fourth-order valence-corrected chi connectivity index (χ4v) is 4.58. The van der Waals surface area contributed by atoms with Crippen LogP contribution in [-0.2, 0) is 23.9 Å². The van der Waals surface area contributed by atoms with E-state index in [2.05, 4.69) is 11.8 Å². The number of carbonyl (C=O) groups is 1. The van der Waals surface area contributed by atoms with Gasteiger partial charge in [-0.3, -0.25) is 9.69 Å². The molecule has 3 rings (SSSR count). The summed E-state index contributed by atoms with van der Waals surface area (Å²) in [7, 11) is 0. The number of halogens is 4. The number of hydrogen-bond acceptors (Lipinski definition) is 3. The zero-order chi connectivity index (χ0) is 27.0. The number of ether oxygens (including phenoxy) is 1. The zero-order valence-corrected chi connectivity index (χ0v) is 21.6. The molecule has 0 spiro atoms. The Morgan fingerprint density at radius 2 is 1.70 bits per heavy atom. The molecule has 198 valence electrons. The van der Waals surface area contributed by atoms with Crippen LogP contribution in [0, 0.1) is 5.92 Å². The van der Waals surface area contributed by atoms with E-state index in [0.29, 0.717) is 36.6 Å². The molecule has 0 heterocycles. The molecule has 0 amide bonds. The first-order chi connectivity index (χ1) is 17.5. The number of benzene rings is 3. The molecule has 2 atom stereocenters. The largest absolute Gasteiger partial charge is 0.493 e. The first-order valence-corrected chi connectivity index (χ1v) is 12.5. The Kier molecular flexibility index (Phi) is 10.0. The molecule has 37 heavy (non-hydrogen) atoms. The Morgan fingerprint density at radius 3 is 2.38 bits per heavy atom. The van der Waals surface area contributed by atoms with Gasteiger partial charge in [-0.15, -0.1) is 0 Å². The van der Waals surface area contributed by atoms with Crippen LogP contribution in [0.1, 0.15) is 42.0 Å². The van der Waals surface area contributed by atoms with Crippen LogP contribution in [0.15, 0.2) is 72.8 Å². The Balaban J connectivity index is 1.73. The summed E-state index contributed by atoms with van der Waals surface area (Å²) >= 11 is 6.21. The van der Waals surface area contributed by atoms with Crippen LogP contribution in [0.5, 0.6) is 5.75 Å². The van der Waals surface area contributed by atoms with Gasteiger partial charge in [0.25, 0.3) is 0 Å². The Labute approximate surface area is 220 Å². The number of rotatable bonds is 12. The minimum absolute atomic E-state index is 0.0377. The Morgan fingerprint density at radius 1 is 1.00 bits per heavy atom. The SMILES string of the molecule is CC(COc1cccc(CC(=O)O)c1)CN(Cc1cccc(C(F)(F)F)c1Cl)CC(C)c1ccccc1. The van der Waals surface area contributed by atoms with Crippen molar-refractivity contribution in [3.63, 3.8) is 0 Å². The second kappa shape index (κ2) is 13.0. The van der Waals surface area contributed by atoms with Gasteiger partial charge in [0.2, 0.25) is 0 Å². The maximum atomic E-state index is 13.4. The normalized spacial score (nSPS) is 13.4. The minimum Gasteiger partial charge on any atom is -0.493 e. The summed E-state index contributed by atoms with van der Waals surface area (Å²) < 4.78 is 46.2. The quantitative estimate of drug-likeness (QED) is 0.265. The van der Waals surface area contributed by atoms with Gasteiger partial charge < -0.3 is 9.84 Å². The third-order valence-electron chi connectivity index (χ3n) is 6.04. The average Bonchev–Trinajstić information content (AvgIpc) is 2.83. The van der Waals surface area contributed by atoms with Crippen LogP contribution < -0.4 is 4.74 Å². The minimum atomic E-state index is -4.52. The van der Waals surface area contributed by atoms with Crippen LogP contribution >= 0.6 is 11.6 Å². The van der Waals surface area contributed by atoms with Gasteiger partial charge >= 0.3 is 12.1 Å². The lowest BCUT2D eigenvalue weighted by Crippen LogP contribution is -2.33. The predicted octanol–water partition coefficient (Wildman–Crippen LogP) is 7.31. The first kappa shape index (κ1) is 28.5. The molecule has 0 saturated heterocycles. The van der Waals surface area contributed by atoms with Gasteiger partial charge in [0.05, 0.1) is 23.6 Å². The van der Waals surface area contributed by atoms with E-state index in [1.54, 1.807) is 30.3 Å². The lowest BCUT2D eigenvalue weighted by molar-refractivity contribution is -0.138. The van der Waals surface area contributed by atoms with Crippen LogP contribution in [0.3, 0.4) is 0 Å². The first-order valence-electron chi connectivity index (χ1n) is 12.1. The number of carboxylic acid groups (broad SMARTS) is 1. The molecule has 0 aliphatic carbocycles. The van der Waals surface area contributed by atoms with Gasteiger partial charge in [-0.2, -0.15) is 13.2 Å². The molecular formula is C29H31ClF3NO3. The van der Waals surface area contributed by atoms with E-state index in [1.165, 1.54) is 6.07 Å². The van der Waals surface area contributed by atoms with Crippen LogP contribution in [-0.4, -0.2) is 35.7 Å². The summed E-state index contributed by atoms with van der Waals surface area (Å²) in [4.78, 5) is 13.1. The lowest BCUT2D eigenvalue weighted by atomic mass is 9.99. The maximum Gasteiger partial charge on any atom is 0.417 e. The van der Waals surface area contributed by atoms with Crippen LogP contribution in [0.2, 0.25) is 5.02 Å². The number of aliphatic carboxylic acids is 1. The highest BCUT2D eigenvalue weighted by atomic mass is 35.5. The van der Waals surface area contributed by atoms with E-state index in [-0.39, 0.29) is 29.8 Å². The van der Waals surface area contributed by atoms with Gasteiger partial charge in [0, 0.05) is 25.6 Å². The molecule has 0 aliphatic rings. The summed E-state index contributed by atoms with van der Waals surface area (Å²) in [6.07, 6.45) is -4.61. The van der Waals surface area contributed by atoms with Crippen molar-refractivity contribution in [2.24, 2.45) is 5.92 Å². The number of hydrogen-bond donors (Lipinski definition) is 1. The standard InChI is InChI=1S/C29H31ClF3NO3/c1-20(19-37-25-12-6-8-22(14-25)15-27(35)36)16-34(17-21(2)23-9-4-3-5-10-23)18-24-11-7-13-26(28(24)30)29(31,32)33/h3-14,20-21H,15-19H2,1-2H3,(H,35,36). The van der Waals surface area contributed by atoms with Crippen LogP contribution in [0.4, 0.5) is 13.2 Å². The molecule has 2 unspecified atom stereocenters. The maximum absolute atomic E-state index is 13.4. The van der Waals surface area contributed by atoms with E-state index in [4.69, 9.17) is 21.4 Å². The van der Waals surface area contributed by atoms with E-state index in [0.717, 1.165) is 11.6 Å². The third kappa shape index (κ3) is 8.79. The average molecular weight is 534 g/mol. The third-order valence-corrected chi connectivity index (χ3v) is 6.48. The number of alkyl halides is 3. The molecule has 4 nitrogen and oxygen atoms in total. The highest BCUT2D eigenvalue weighted by Gasteiger charge is 2.34. The monoisotopic (exact) mass is 533 g/mol. The van der Waals surface area contributed by atoms with Crippen molar-refractivity contribution in [3.8, 4) is 5.75 Å². The van der Waals surface area contributed by atoms with E-state index in [9.17, 15) is 18.0 Å². The van der Waals surface area contributed by atoms with Crippen molar-refractivity contribution in [2.75, 3.05) is 19.7 Å². The number of carboxylic acids is 1. The molecule has 0 saturated carbocycles. The molecule has 3 aromatic rings. The van der Waals surface area contributed by atoms with Gasteiger partial charge in [0.1, 0.15) is 5.75 Å². The van der Waals surface area contributed by atoms with Crippen molar-refractivity contribution in [2.45, 2.75) is 38.9 Å². The molecule has 1 N–H and O–H groups in total. The van der Waals surface area contributed by atoms with Gasteiger partial charge in [0.15, 0.2) is 0 Å². The second-order valence-electron chi connectivity index (χ2n) is 9.42. The van der Waals surface area contributed by atoms with Gasteiger partial charge in [-0.25, -0.2) is 0 Å². The molecule has 0 fully saturated rings. The molecule has 0 bridgehead atoms. The molecule has 0 radical (unpaired) electrons.